The van der Waals surface area contributed by atoms with Crippen LogP contribution >= 0.6 is 22.9 Å². The van der Waals surface area contributed by atoms with Gasteiger partial charge in [0.05, 0.1) is 28.0 Å². The molecule has 0 spiro atoms. The van der Waals surface area contributed by atoms with E-state index in [0.29, 0.717) is 12.1 Å². The van der Waals surface area contributed by atoms with Crippen LogP contribution in [-0.2, 0) is 6.54 Å². The van der Waals surface area contributed by atoms with Gasteiger partial charge in [0.1, 0.15) is 5.82 Å². The van der Waals surface area contributed by atoms with Gasteiger partial charge in [-0.3, -0.25) is 0 Å². The highest BCUT2D eigenvalue weighted by Crippen LogP contribution is 2.26. The first kappa shape index (κ1) is 13.9. The number of nitriles is 1. The van der Waals surface area contributed by atoms with Gasteiger partial charge in [0.25, 0.3) is 0 Å². The Morgan fingerprint density at radius 2 is 2.10 bits per heavy atom. The zero-order valence-electron chi connectivity index (χ0n) is 11.4. The summed E-state index contributed by atoms with van der Waals surface area (Å²) in [6.07, 6.45) is 0. The van der Waals surface area contributed by atoms with Crippen molar-refractivity contribution in [2.45, 2.75) is 6.54 Å². The summed E-state index contributed by atoms with van der Waals surface area (Å²) in [7, 11) is 1.96. The SMILES string of the molecule is CN(Cc1ccc(Cl)s1)c1cc(C#N)c2ccccc2n1. The molecule has 2 heterocycles. The van der Waals surface area contributed by atoms with Crippen LogP contribution in [0.25, 0.3) is 10.9 Å². The standard InChI is InChI=1S/C16H12ClN3S/c1-20(10-12-6-7-15(17)21-12)16-8-11(9-18)13-4-2-3-5-14(13)19-16/h2-8H,10H2,1H3. The van der Waals surface area contributed by atoms with Crippen LogP contribution in [0.3, 0.4) is 0 Å². The van der Waals surface area contributed by atoms with Gasteiger partial charge < -0.3 is 4.90 Å². The minimum Gasteiger partial charge on any atom is -0.354 e. The van der Waals surface area contributed by atoms with E-state index < -0.39 is 0 Å². The summed E-state index contributed by atoms with van der Waals surface area (Å²) in [5.74, 6) is 0.787. The van der Waals surface area contributed by atoms with Crippen LogP contribution in [-0.4, -0.2) is 12.0 Å². The minimum absolute atomic E-state index is 0.645. The molecule has 0 amide bonds. The number of pyridine rings is 1. The fourth-order valence-electron chi connectivity index (χ4n) is 2.20. The normalized spacial score (nSPS) is 10.5. The Labute approximate surface area is 132 Å². The molecule has 0 saturated heterocycles. The first-order chi connectivity index (χ1) is 10.2. The van der Waals surface area contributed by atoms with Crippen LogP contribution in [0.4, 0.5) is 5.82 Å². The van der Waals surface area contributed by atoms with E-state index in [2.05, 4.69) is 11.1 Å². The van der Waals surface area contributed by atoms with Crippen LogP contribution in [0.5, 0.6) is 0 Å². The maximum Gasteiger partial charge on any atom is 0.130 e. The van der Waals surface area contributed by atoms with Crippen molar-refractivity contribution in [1.82, 2.24) is 4.98 Å². The Bertz CT molecular complexity index is 835. The Morgan fingerprint density at radius 1 is 1.29 bits per heavy atom. The molecule has 0 saturated carbocycles. The fraction of sp³-hybridized carbons (Fsp3) is 0.125. The number of anilines is 1. The van der Waals surface area contributed by atoms with Crippen LogP contribution < -0.4 is 4.90 Å². The molecule has 3 aromatic rings. The van der Waals surface area contributed by atoms with E-state index in [-0.39, 0.29) is 0 Å². The van der Waals surface area contributed by atoms with Crippen molar-refractivity contribution in [2.24, 2.45) is 0 Å². The van der Waals surface area contributed by atoms with Crippen molar-refractivity contribution in [3.05, 3.63) is 57.2 Å². The van der Waals surface area contributed by atoms with E-state index in [4.69, 9.17) is 11.6 Å². The van der Waals surface area contributed by atoms with Crippen molar-refractivity contribution in [2.75, 3.05) is 11.9 Å². The smallest absolute Gasteiger partial charge is 0.130 e. The Kier molecular flexibility index (Phi) is 3.78. The molecule has 0 aliphatic rings. The second kappa shape index (κ2) is 5.72. The molecule has 21 heavy (non-hydrogen) atoms. The van der Waals surface area contributed by atoms with Crippen LogP contribution in [0.2, 0.25) is 4.34 Å². The molecule has 0 radical (unpaired) electrons. The van der Waals surface area contributed by atoms with Crippen molar-refractivity contribution < 1.29 is 0 Å². The fourth-order valence-corrected chi connectivity index (χ4v) is 3.34. The first-order valence-corrected chi connectivity index (χ1v) is 7.62. The third kappa shape index (κ3) is 2.85. The number of halogens is 1. The number of rotatable bonds is 3. The highest BCUT2D eigenvalue weighted by atomic mass is 35.5. The predicted molar refractivity (Wildman–Crippen MR) is 87.9 cm³/mol. The Hall–Kier alpha value is -2.09. The summed E-state index contributed by atoms with van der Waals surface area (Å²) in [4.78, 5) is 7.82. The number of hydrogen-bond acceptors (Lipinski definition) is 4. The molecule has 0 aliphatic heterocycles. The van der Waals surface area contributed by atoms with Gasteiger partial charge in [-0.05, 0) is 24.3 Å². The molecular formula is C16H12ClN3S. The molecule has 0 unspecified atom stereocenters. The van der Waals surface area contributed by atoms with Crippen LogP contribution in [0.1, 0.15) is 10.4 Å². The second-order valence-electron chi connectivity index (χ2n) is 4.72. The monoisotopic (exact) mass is 313 g/mol. The molecule has 0 N–H and O–H groups in total. The third-order valence-corrected chi connectivity index (χ3v) is 4.45. The minimum atomic E-state index is 0.645. The number of nitrogens with zero attached hydrogens (tertiary/aromatic N) is 3. The highest BCUT2D eigenvalue weighted by molar-refractivity contribution is 7.16. The van der Waals surface area contributed by atoms with Gasteiger partial charge in [-0.15, -0.1) is 11.3 Å². The number of hydrogen-bond donors (Lipinski definition) is 0. The van der Waals surface area contributed by atoms with Gasteiger partial charge in [0.2, 0.25) is 0 Å². The van der Waals surface area contributed by atoms with Crippen molar-refractivity contribution in [3.63, 3.8) is 0 Å². The maximum absolute atomic E-state index is 9.32. The molecule has 3 rings (SSSR count). The predicted octanol–water partition coefficient (Wildman–Crippen LogP) is 4.46. The molecule has 0 bridgehead atoms. The molecule has 5 heteroatoms. The van der Waals surface area contributed by atoms with E-state index in [9.17, 15) is 5.26 Å². The summed E-state index contributed by atoms with van der Waals surface area (Å²) in [5.41, 5.74) is 1.48. The summed E-state index contributed by atoms with van der Waals surface area (Å²) in [6.45, 7) is 0.716. The van der Waals surface area contributed by atoms with Crippen molar-refractivity contribution >= 4 is 39.7 Å². The second-order valence-corrected chi connectivity index (χ2v) is 6.52. The zero-order chi connectivity index (χ0) is 14.8. The average Bonchev–Trinajstić information content (AvgIpc) is 2.91. The van der Waals surface area contributed by atoms with Crippen LogP contribution in [0.15, 0.2) is 42.5 Å². The third-order valence-electron chi connectivity index (χ3n) is 3.24. The van der Waals surface area contributed by atoms with Gasteiger partial charge in [-0.1, -0.05) is 29.8 Å². The van der Waals surface area contributed by atoms with Crippen molar-refractivity contribution in [1.29, 1.82) is 5.26 Å². The van der Waals surface area contributed by atoms with E-state index in [1.807, 2.05) is 54.4 Å². The maximum atomic E-state index is 9.32. The molecule has 2 aromatic heterocycles. The molecule has 0 aliphatic carbocycles. The average molecular weight is 314 g/mol. The summed E-state index contributed by atoms with van der Waals surface area (Å²) in [6, 6.07) is 15.7. The van der Waals surface area contributed by atoms with Gasteiger partial charge in [-0.2, -0.15) is 5.26 Å². The lowest BCUT2D eigenvalue weighted by Gasteiger charge is -2.18. The molecule has 1 aromatic carbocycles. The molecule has 3 nitrogen and oxygen atoms in total. The Morgan fingerprint density at radius 3 is 2.81 bits per heavy atom. The van der Waals surface area contributed by atoms with E-state index in [0.717, 1.165) is 25.9 Å². The van der Waals surface area contributed by atoms with Gasteiger partial charge in [0.15, 0.2) is 0 Å². The van der Waals surface area contributed by atoms with E-state index in [1.165, 1.54) is 0 Å². The summed E-state index contributed by atoms with van der Waals surface area (Å²) < 4.78 is 0.780. The summed E-state index contributed by atoms with van der Waals surface area (Å²) in [5, 5.41) is 10.2. The molecule has 104 valence electrons. The molecular weight excluding hydrogens is 302 g/mol. The van der Waals surface area contributed by atoms with Gasteiger partial charge in [-0.25, -0.2) is 4.98 Å². The number of fused-ring (bicyclic) bond motifs is 1. The summed E-state index contributed by atoms with van der Waals surface area (Å²) >= 11 is 7.51. The largest absolute Gasteiger partial charge is 0.354 e. The molecule has 0 atom stereocenters. The quantitative estimate of drug-likeness (QED) is 0.717. The van der Waals surface area contributed by atoms with Gasteiger partial charge >= 0.3 is 0 Å². The number of aromatic nitrogens is 1. The number of para-hydroxylation sites is 1. The van der Waals surface area contributed by atoms with E-state index >= 15 is 0 Å². The van der Waals surface area contributed by atoms with Crippen molar-refractivity contribution in [3.8, 4) is 6.07 Å². The highest BCUT2D eigenvalue weighted by Gasteiger charge is 2.10. The lowest BCUT2D eigenvalue weighted by atomic mass is 10.1. The van der Waals surface area contributed by atoms with Crippen LogP contribution in [0, 0.1) is 11.3 Å². The topological polar surface area (TPSA) is 39.9 Å². The zero-order valence-corrected chi connectivity index (χ0v) is 12.9. The molecule has 0 fully saturated rings. The lowest BCUT2D eigenvalue weighted by Crippen LogP contribution is -2.17. The lowest BCUT2D eigenvalue weighted by molar-refractivity contribution is 0.917. The number of thiophene rings is 1. The van der Waals surface area contributed by atoms with E-state index in [1.54, 1.807) is 11.3 Å². The number of benzene rings is 1. The van der Waals surface area contributed by atoms with Gasteiger partial charge in [0, 0.05) is 17.3 Å². The Balaban J connectivity index is 1.98. The first-order valence-electron chi connectivity index (χ1n) is 6.42.